The van der Waals surface area contributed by atoms with Crippen LogP contribution in [0.25, 0.3) is 0 Å². The average Bonchev–Trinajstić information content (AvgIpc) is 2.44. The quantitative estimate of drug-likeness (QED) is 0.863. The summed E-state index contributed by atoms with van der Waals surface area (Å²) < 4.78 is 0.650. The molecule has 20 heavy (non-hydrogen) atoms. The highest BCUT2D eigenvalue weighted by Gasteiger charge is 2.20. The van der Waals surface area contributed by atoms with Gasteiger partial charge in [-0.3, -0.25) is 4.79 Å². The highest BCUT2D eigenvalue weighted by Crippen LogP contribution is 2.27. The monoisotopic (exact) mass is 332 g/mol. The van der Waals surface area contributed by atoms with Crippen molar-refractivity contribution in [1.29, 1.82) is 0 Å². The number of rotatable bonds is 3. The molecule has 0 fully saturated rings. The van der Waals surface area contributed by atoms with Gasteiger partial charge in [-0.15, -0.1) is 0 Å². The molecule has 0 bridgehead atoms. The summed E-state index contributed by atoms with van der Waals surface area (Å²) in [6, 6.07) is 13.2. The Balaban J connectivity index is 2.45. The fourth-order valence-electron chi connectivity index (χ4n) is 2.15. The first-order valence-corrected chi connectivity index (χ1v) is 7.27. The molecule has 104 valence electrons. The van der Waals surface area contributed by atoms with Gasteiger partial charge in [-0.2, -0.15) is 0 Å². The van der Waals surface area contributed by atoms with Crippen molar-refractivity contribution < 1.29 is 4.79 Å². The number of nitrogens with two attached hydrogens (primary N) is 1. The molecule has 0 saturated heterocycles. The molecule has 2 N–H and O–H groups in total. The van der Waals surface area contributed by atoms with Gasteiger partial charge in [-0.1, -0.05) is 24.3 Å². The summed E-state index contributed by atoms with van der Waals surface area (Å²) in [5, 5.41) is 0. The molecule has 0 atom stereocenters. The van der Waals surface area contributed by atoms with Gasteiger partial charge in [-0.25, -0.2) is 0 Å². The Labute approximate surface area is 127 Å². The van der Waals surface area contributed by atoms with Gasteiger partial charge in [0.2, 0.25) is 0 Å². The molecule has 0 radical (unpaired) electrons. The number of aryl methyl sites for hydroxylation is 1. The van der Waals surface area contributed by atoms with E-state index < -0.39 is 0 Å². The average molecular weight is 333 g/mol. The third-order valence-electron chi connectivity index (χ3n) is 3.23. The van der Waals surface area contributed by atoms with Crippen LogP contribution in [0.2, 0.25) is 0 Å². The summed E-state index contributed by atoms with van der Waals surface area (Å²) in [5.74, 6) is -0.0547. The second kappa shape index (κ2) is 6.09. The van der Waals surface area contributed by atoms with Crippen LogP contribution in [0.3, 0.4) is 0 Å². The lowest BCUT2D eigenvalue weighted by Gasteiger charge is -2.23. The maximum absolute atomic E-state index is 12.7. The normalized spacial score (nSPS) is 10.3. The standard InChI is InChI=1S/C16H17BrN2O/c1-3-19(14-10-5-4-7-11(14)2)16(20)12-8-6-9-13(18)15(12)17/h4-10H,3,18H2,1-2H3. The predicted molar refractivity (Wildman–Crippen MR) is 87.1 cm³/mol. The molecule has 1 amide bonds. The zero-order valence-electron chi connectivity index (χ0n) is 11.6. The second-order valence-corrected chi connectivity index (χ2v) is 5.34. The number of carbonyl (C=O) groups is 1. The summed E-state index contributed by atoms with van der Waals surface area (Å²) in [6.07, 6.45) is 0. The van der Waals surface area contributed by atoms with Gasteiger partial charge in [0.1, 0.15) is 0 Å². The van der Waals surface area contributed by atoms with Crippen molar-refractivity contribution in [2.45, 2.75) is 13.8 Å². The van der Waals surface area contributed by atoms with E-state index in [1.165, 1.54) is 0 Å². The molecule has 0 aliphatic heterocycles. The number of nitrogens with zero attached hydrogens (tertiary/aromatic N) is 1. The van der Waals surface area contributed by atoms with E-state index in [-0.39, 0.29) is 5.91 Å². The van der Waals surface area contributed by atoms with Gasteiger partial charge >= 0.3 is 0 Å². The molecule has 3 nitrogen and oxygen atoms in total. The van der Waals surface area contributed by atoms with Crippen molar-refractivity contribution in [2.75, 3.05) is 17.2 Å². The second-order valence-electron chi connectivity index (χ2n) is 4.54. The van der Waals surface area contributed by atoms with Crippen LogP contribution in [-0.2, 0) is 0 Å². The maximum atomic E-state index is 12.7. The molecule has 0 aliphatic rings. The van der Waals surface area contributed by atoms with E-state index in [9.17, 15) is 4.79 Å². The Morgan fingerprint density at radius 3 is 2.55 bits per heavy atom. The molecule has 0 aromatic heterocycles. The van der Waals surface area contributed by atoms with Crippen molar-refractivity contribution >= 4 is 33.2 Å². The van der Waals surface area contributed by atoms with Crippen molar-refractivity contribution in [3.63, 3.8) is 0 Å². The number of anilines is 2. The fourth-order valence-corrected chi connectivity index (χ4v) is 2.58. The molecule has 2 rings (SSSR count). The predicted octanol–water partition coefficient (Wildman–Crippen LogP) is 4.01. The van der Waals surface area contributed by atoms with Crippen LogP contribution in [0.5, 0.6) is 0 Å². The van der Waals surface area contributed by atoms with Gasteiger partial charge in [0.25, 0.3) is 5.91 Å². The van der Waals surface area contributed by atoms with Crippen LogP contribution >= 0.6 is 15.9 Å². The first kappa shape index (κ1) is 14.6. The molecular formula is C16H17BrN2O. The third kappa shape index (κ3) is 2.70. The minimum atomic E-state index is -0.0547. The molecule has 0 saturated carbocycles. The highest BCUT2D eigenvalue weighted by atomic mass is 79.9. The van der Waals surface area contributed by atoms with Crippen LogP contribution in [-0.4, -0.2) is 12.5 Å². The lowest BCUT2D eigenvalue weighted by atomic mass is 10.1. The first-order chi connectivity index (χ1) is 9.56. The highest BCUT2D eigenvalue weighted by molar-refractivity contribution is 9.10. The topological polar surface area (TPSA) is 46.3 Å². The Morgan fingerprint density at radius 2 is 1.90 bits per heavy atom. The Kier molecular flexibility index (Phi) is 4.45. The van der Waals surface area contributed by atoms with E-state index >= 15 is 0 Å². The first-order valence-electron chi connectivity index (χ1n) is 6.47. The smallest absolute Gasteiger partial charge is 0.259 e. The number of halogens is 1. The lowest BCUT2D eigenvalue weighted by molar-refractivity contribution is 0.0987. The van der Waals surface area contributed by atoms with Crippen LogP contribution in [0, 0.1) is 6.92 Å². The van der Waals surface area contributed by atoms with Gasteiger partial charge in [-0.05, 0) is 53.5 Å². The van der Waals surface area contributed by atoms with Crippen molar-refractivity contribution in [1.82, 2.24) is 0 Å². The number of hydrogen-bond donors (Lipinski definition) is 1. The number of amides is 1. The lowest BCUT2D eigenvalue weighted by Crippen LogP contribution is -2.31. The van der Waals surface area contributed by atoms with Crippen molar-refractivity contribution in [2.24, 2.45) is 0 Å². The summed E-state index contributed by atoms with van der Waals surface area (Å²) in [5.41, 5.74) is 8.99. The number of hydrogen-bond acceptors (Lipinski definition) is 2. The number of carbonyl (C=O) groups excluding carboxylic acids is 1. The maximum Gasteiger partial charge on any atom is 0.259 e. The number of para-hydroxylation sites is 1. The molecule has 2 aromatic carbocycles. The molecule has 0 spiro atoms. The zero-order chi connectivity index (χ0) is 14.7. The van der Waals surface area contributed by atoms with Crippen molar-refractivity contribution in [3.8, 4) is 0 Å². The Bertz CT molecular complexity index is 640. The molecule has 4 heteroatoms. The van der Waals surface area contributed by atoms with E-state index in [1.54, 1.807) is 23.1 Å². The fraction of sp³-hybridized carbons (Fsp3) is 0.188. The van der Waals surface area contributed by atoms with Crippen LogP contribution in [0.15, 0.2) is 46.9 Å². The van der Waals surface area contributed by atoms with Crippen LogP contribution < -0.4 is 10.6 Å². The third-order valence-corrected chi connectivity index (χ3v) is 4.11. The summed E-state index contributed by atoms with van der Waals surface area (Å²) in [7, 11) is 0. The molecule has 0 aliphatic carbocycles. The van der Waals surface area contributed by atoms with Gasteiger partial charge in [0.05, 0.1) is 10.0 Å². The van der Waals surface area contributed by atoms with E-state index in [1.807, 2.05) is 38.1 Å². The minimum Gasteiger partial charge on any atom is -0.398 e. The van der Waals surface area contributed by atoms with Gasteiger partial charge in [0.15, 0.2) is 0 Å². The Hall–Kier alpha value is -1.81. The number of nitrogen functional groups attached to an aromatic ring is 1. The molecule has 0 unspecified atom stereocenters. The van der Waals surface area contributed by atoms with Crippen molar-refractivity contribution in [3.05, 3.63) is 58.1 Å². The Morgan fingerprint density at radius 1 is 1.20 bits per heavy atom. The van der Waals surface area contributed by atoms with Crippen LogP contribution in [0.1, 0.15) is 22.8 Å². The molecule has 0 heterocycles. The summed E-state index contributed by atoms with van der Waals surface area (Å²) in [6.45, 7) is 4.56. The van der Waals surface area contributed by atoms with E-state index in [4.69, 9.17) is 5.73 Å². The van der Waals surface area contributed by atoms with E-state index in [2.05, 4.69) is 15.9 Å². The molecule has 2 aromatic rings. The van der Waals surface area contributed by atoms with Gasteiger partial charge in [0, 0.05) is 17.9 Å². The van der Waals surface area contributed by atoms with Gasteiger partial charge < -0.3 is 10.6 Å². The minimum absolute atomic E-state index is 0.0547. The summed E-state index contributed by atoms with van der Waals surface area (Å²) >= 11 is 3.40. The number of benzene rings is 2. The van der Waals surface area contributed by atoms with E-state index in [0.29, 0.717) is 22.3 Å². The molecular weight excluding hydrogens is 316 g/mol. The zero-order valence-corrected chi connectivity index (χ0v) is 13.1. The summed E-state index contributed by atoms with van der Waals surface area (Å²) in [4.78, 5) is 14.5. The largest absolute Gasteiger partial charge is 0.398 e. The SMILES string of the molecule is CCN(C(=O)c1cccc(N)c1Br)c1ccccc1C. The van der Waals surface area contributed by atoms with Crippen LogP contribution in [0.4, 0.5) is 11.4 Å². The van der Waals surface area contributed by atoms with E-state index in [0.717, 1.165) is 11.3 Å².